The maximum absolute atomic E-state index is 10.4. The first-order chi connectivity index (χ1) is 8.63. The number of hydrogen-bond donors (Lipinski definition) is 1. The van der Waals surface area contributed by atoms with Gasteiger partial charge in [-0.1, -0.05) is 44.5 Å². The summed E-state index contributed by atoms with van der Waals surface area (Å²) in [4.78, 5) is 10.4. The second kappa shape index (κ2) is 9.69. The molecule has 1 N–H and O–H groups in total. The van der Waals surface area contributed by atoms with Crippen LogP contribution in [0.3, 0.4) is 0 Å². The molecule has 18 heavy (non-hydrogen) atoms. The summed E-state index contributed by atoms with van der Waals surface area (Å²) in [5, 5.41) is 8.55. The van der Waals surface area contributed by atoms with Gasteiger partial charge in [-0.25, -0.2) is 0 Å². The molecule has 0 aromatic heterocycles. The van der Waals surface area contributed by atoms with Gasteiger partial charge >= 0.3 is 5.97 Å². The van der Waals surface area contributed by atoms with Crippen LogP contribution in [0.1, 0.15) is 56.7 Å². The molecule has 1 aromatic carbocycles. The second-order valence-corrected chi connectivity index (χ2v) is 4.23. The minimum absolute atomic E-state index is 0.285. The van der Waals surface area contributed by atoms with Crippen LogP contribution in [-0.4, -0.2) is 11.1 Å². The summed E-state index contributed by atoms with van der Waals surface area (Å²) in [6.07, 6.45) is 4.06. The van der Waals surface area contributed by atoms with E-state index in [1.165, 1.54) is 16.7 Å². The molecule has 0 saturated heterocycles. The van der Waals surface area contributed by atoms with Crippen molar-refractivity contribution in [3.05, 3.63) is 34.9 Å². The Morgan fingerprint density at radius 2 is 1.83 bits per heavy atom. The van der Waals surface area contributed by atoms with Gasteiger partial charge in [-0.2, -0.15) is 0 Å². The highest BCUT2D eigenvalue weighted by molar-refractivity contribution is 5.66. The number of rotatable bonds is 6. The number of aliphatic carboxylic acids is 1. The van der Waals surface area contributed by atoms with Gasteiger partial charge in [-0.05, 0) is 43.7 Å². The summed E-state index contributed by atoms with van der Waals surface area (Å²) in [5.74, 6) is -0.695. The minimum Gasteiger partial charge on any atom is -0.481 e. The third-order valence-electron chi connectivity index (χ3n) is 2.83. The van der Waals surface area contributed by atoms with Gasteiger partial charge in [-0.15, -0.1) is 0 Å². The van der Waals surface area contributed by atoms with Gasteiger partial charge in [0.25, 0.3) is 0 Å². The number of hydrogen-bond acceptors (Lipinski definition) is 1. The fourth-order valence-corrected chi connectivity index (χ4v) is 1.92. The maximum Gasteiger partial charge on any atom is 0.303 e. The molecule has 0 spiro atoms. The van der Waals surface area contributed by atoms with Crippen LogP contribution in [-0.2, 0) is 17.6 Å². The molecule has 1 aromatic rings. The normalized spacial score (nSPS) is 9.56. The number of unbranched alkanes of at least 4 members (excludes halogenated alkanes) is 1. The first kappa shape index (κ1) is 16.7. The van der Waals surface area contributed by atoms with Crippen LogP contribution >= 0.6 is 0 Å². The van der Waals surface area contributed by atoms with Crippen LogP contribution in [0.15, 0.2) is 18.2 Å². The number of benzene rings is 1. The SMILES string of the molecule is CC.CCc1cc(C)ccc1CCCCC(=O)O. The van der Waals surface area contributed by atoms with E-state index < -0.39 is 5.97 Å². The molecule has 0 radical (unpaired) electrons. The average Bonchev–Trinajstić information content (AvgIpc) is 2.38. The van der Waals surface area contributed by atoms with E-state index in [1.807, 2.05) is 13.8 Å². The van der Waals surface area contributed by atoms with Crippen molar-refractivity contribution in [2.24, 2.45) is 0 Å². The Kier molecular flexibility index (Phi) is 8.99. The lowest BCUT2D eigenvalue weighted by Crippen LogP contribution is -1.97. The Labute approximate surface area is 111 Å². The fraction of sp³-hybridized carbons (Fsp3) is 0.562. The van der Waals surface area contributed by atoms with E-state index in [4.69, 9.17) is 5.11 Å². The van der Waals surface area contributed by atoms with Gasteiger partial charge in [0.2, 0.25) is 0 Å². The lowest BCUT2D eigenvalue weighted by atomic mass is 9.98. The third-order valence-corrected chi connectivity index (χ3v) is 2.83. The van der Waals surface area contributed by atoms with Crippen molar-refractivity contribution in [2.45, 2.75) is 59.8 Å². The summed E-state index contributed by atoms with van der Waals surface area (Å²) in [6, 6.07) is 6.53. The standard InChI is InChI=1S/C14H20O2.C2H6/c1-3-12-10-11(2)8-9-13(12)6-4-5-7-14(15)16;1-2/h8-10H,3-7H2,1-2H3,(H,15,16);1-2H3. The topological polar surface area (TPSA) is 37.3 Å². The molecule has 0 fully saturated rings. The Morgan fingerprint density at radius 1 is 1.17 bits per heavy atom. The molecule has 0 saturated carbocycles. The zero-order chi connectivity index (χ0) is 14.0. The van der Waals surface area contributed by atoms with E-state index in [-0.39, 0.29) is 6.42 Å². The lowest BCUT2D eigenvalue weighted by molar-refractivity contribution is -0.137. The third kappa shape index (κ3) is 6.43. The molecule has 0 atom stereocenters. The molecule has 0 unspecified atom stereocenters. The summed E-state index contributed by atoms with van der Waals surface area (Å²) < 4.78 is 0. The van der Waals surface area contributed by atoms with Crippen LogP contribution in [0.25, 0.3) is 0 Å². The number of carbonyl (C=O) groups is 1. The Hall–Kier alpha value is -1.31. The van der Waals surface area contributed by atoms with E-state index >= 15 is 0 Å². The van der Waals surface area contributed by atoms with Gasteiger partial charge in [0.05, 0.1) is 0 Å². The Balaban J connectivity index is 0.00000137. The highest BCUT2D eigenvalue weighted by Gasteiger charge is 2.02. The van der Waals surface area contributed by atoms with E-state index in [0.29, 0.717) is 0 Å². The maximum atomic E-state index is 10.4. The van der Waals surface area contributed by atoms with E-state index in [0.717, 1.165) is 25.7 Å². The largest absolute Gasteiger partial charge is 0.481 e. The second-order valence-electron chi connectivity index (χ2n) is 4.23. The highest BCUT2D eigenvalue weighted by Crippen LogP contribution is 2.15. The molecule has 0 heterocycles. The van der Waals surface area contributed by atoms with Crippen molar-refractivity contribution < 1.29 is 9.90 Å². The summed E-state index contributed by atoms with van der Waals surface area (Å²) in [6.45, 7) is 8.27. The number of carboxylic acid groups (broad SMARTS) is 1. The lowest BCUT2D eigenvalue weighted by Gasteiger charge is -2.08. The van der Waals surface area contributed by atoms with Gasteiger partial charge in [0.1, 0.15) is 0 Å². The zero-order valence-corrected chi connectivity index (χ0v) is 12.1. The van der Waals surface area contributed by atoms with Gasteiger partial charge in [-0.3, -0.25) is 4.79 Å². The summed E-state index contributed by atoms with van der Waals surface area (Å²) in [5.41, 5.74) is 4.07. The number of carboxylic acids is 1. The molecule has 2 nitrogen and oxygen atoms in total. The predicted octanol–water partition coefficient (Wildman–Crippen LogP) is 4.38. The molecule has 0 aliphatic heterocycles. The Bertz CT molecular complexity index is 356. The molecule has 0 aliphatic carbocycles. The van der Waals surface area contributed by atoms with Crippen molar-refractivity contribution >= 4 is 5.97 Å². The zero-order valence-electron chi connectivity index (χ0n) is 12.1. The predicted molar refractivity (Wildman–Crippen MR) is 77.1 cm³/mol. The highest BCUT2D eigenvalue weighted by atomic mass is 16.4. The monoisotopic (exact) mass is 250 g/mol. The van der Waals surface area contributed by atoms with Crippen LogP contribution in [0.4, 0.5) is 0 Å². The van der Waals surface area contributed by atoms with Gasteiger partial charge in [0, 0.05) is 6.42 Å². The first-order valence-corrected chi connectivity index (χ1v) is 6.93. The first-order valence-electron chi connectivity index (χ1n) is 6.93. The molecule has 2 heteroatoms. The van der Waals surface area contributed by atoms with Crippen molar-refractivity contribution in [3.8, 4) is 0 Å². The molecule has 0 amide bonds. The van der Waals surface area contributed by atoms with Crippen LogP contribution in [0.5, 0.6) is 0 Å². The molecular weight excluding hydrogens is 224 g/mol. The van der Waals surface area contributed by atoms with Gasteiger partial charge < -0.3 is 5.11 Å². The van der Waals surface area contributed by atoms with Crippen molar-refractivity contribution in [1.29, 1.82) is 0 Å². The molecule has 102 valence electrons. The molecule has 0 bridgehead atoms. The quantitative estimate of drug-likeness (QED) is 0.761. The van der Waals surface area contributed by atoms with E-state index in [2.05, 4.69) is 32.0 Å². The minimum atomic E-state index is -0.695. The average molecular weight is 250 g/mol. The fourth-order valence-electron chi connectivity index (χ4n) is 1.92. The molecule has 0 aliphatic rings. The van der Waals surface area contributed by atoms with Crippen molar-refractivity contribution in [1.82, 2.24) is 0 Å². The summed E-state index contributed by atoms with van der Waals surface area (Å²) >= 11 is 0. The van der Waals surface area contributed by atoms with Crippen molar-refractivity contribution in [2.75, 3.05) is 0 Å². The summed E-state index contributed by atoms with van der Waals surface area (Å²) in [7, 11) is 0. The van der Waals surface area contributed by atoms with Crippen molar-refractivity contribution in [3.63, 3.8) is 0 Å². The molecule has 1 rings (SSSR count). The Morgan fingerprint density at radius 3 is 2.39 bits per heavy atom. The van der Waals surface area contributed by atoms with E-state index in [1.54, 1.807) is 0 Å². The van der Waals surface area contributed by atoms with E-state index in [9.17, 15) is 4.79 Å². The molecular formula is C16H26O2. The smallest absolute Gasteiger partial charge is 0.303 e. The van der Waals surface area contributed by atoms with Crippen LogP contribution < -0.4 is 0 Å². The van der Waals surface area contributed by atoms with Gasteiger partial charge in [0.15, 0.2) is 0 Å². The van der Waals surface area contributed by atoms with Crippen LogP contribution in [0, 0.1) is 6.92 Å². The number of aryl methyl sites for hydroxylation is 3. The van der Waals surface area contributed by atoms with Crippen LogP contribution in [0.2, 0.25) is 0 Å².